The highest BCUT2D eigenvalue weighted by Crippen LogP contribution is 2.22. The Hall–Kier alpha value is -3.15. The third kappa shape index (κ3) is 2.74. The van der Waals surface area contributed by atoms with E-state index in [1.807, 2.05) is 24.3 Å². The Morgan fingerprint density at radius 1 is 1.05 bits per heavy atom. The second-order valence-corrected chi connectivity index (χ2v) is 4.42. The Kier molecular flexibility index (Phi) is 3.34. The molecule has 0 saturated carbocycles. The van der Waals surface area contributed by atoms with E-state index in [1.165, 1.54) is 0 Å². The Morgan fingerprint density at radius 3 is 2.52 bits per heavy atom. The molecule has 0 saturated heterocycles. The second-order valence-electron chi connectivity index (χ2n) is 4.42. The van der Waals surface area contributed by atoms with Crippen molar-refractivity contribution in [2.75, 3.05) is 11.1 Å². The number of nitrogen functional groups attached to an aromatic ring is 1. The number of nitrogens with one attached hydrogen (secondary N) is 2. The maximum Gasteiger partial charge on any atom is 0.258 e. The van der Waals surface area contributed by atoms with Crippen LogP contribution in [0.4, 0.5) is 11.6 Å². The Labute approximate surface area is 121 Å². The summed E-state index contributed by atoms with van der Waals surface area (Å²) in [5, 5.41) is 9.37. The molecule has 0 spiro atoms. The van der Waals surface area contributed by atoms with Crippen molar-refractivity contribution in [1.82, 2.24) is 15.2 Å². The first-order chi connectivity index (χ1) is 10.2. The van der Waals surface area contributed by atoms with Crippen LogP contribution in [0.1, 0.15) is 10.4 Å². The molecule has 0 aliphatic rings. The summed E-state index contributed by atoms with van der Waals surface area (Å²) >= 11 is 0. The van der Waals surface area contributed by atoms with Crippen molar-refractivity contribution in [1.29, 1.82) is 0 Å². The molecule has 0 radical (unpaired) electrons. The molecule has 0 fully saturated rings. The Bertz CT molecular complexity index is 766. The zero-order valence-corrected chi connectivity index (χ0v) is 11.1. The number of benzene rings is 2. The number of para-hydroxylation sites is 1. The van der Waals surface area contributed by atoms with Gasteiger partial charge in [-0.3, -0.25) is 15.2 Å². The average molecular weight is 279 g/mol. The molecule has 1 amide bonds. The largest absolute Gasteiger partial charge is 0.398 e. The minimum absolute atomic E-state index is 0.210. The summed E-state index contributed by atoms with van der Waals surface area (Å²) in [4.78, 5) is 16.2. The number of carbonyl (C=O) groups excluding carboxylic acids is 1. The number of hydrogen-bond acceptors (Lipinski definition) is 4. The fraction of sp³-hybridized carbons (Fsp3) is 0. The summed E-state index contributed by atoms with van der Waals surface area (Å²) in [7, 11) is 0. The predicted octanol–water partition coefficient (Wildman–Crippen LogP) is 2.31. The third-order valence-corrected chi connectivity index (χ3v) is 2.96. The first kappa shape index (κ1) is 12.9. The highest BCUT2D eigenvalue weighted by Gasteiger charge is 2.11. The van der Waals surface area contributed by atoms with Crippen LogP contribution in [0.2, 0.25) is 0 Å². The highest BCUT2D eigenvalue weighted by atomic mass is 16.1. The zero-order chi connectivity index (χ0) is 14.7. The van der Waals surface area contributed by atoms with E-state index >= 15 is 0 Å². The number of amides is 1. The molecule has 4 N–H and O–H groups in total. The molecule has 6 heteroatoms. The first-order valence-corrected chi connectivity index (χ1v) is 6.38. The SMILES string of the molecule is Nc1ccccc1-c1nc(NC(=O)c2ccccc2)n[nH]1. The molecule has 0 bridgehead atoms. The number of anilines is 2. The molecular weight excluding hydrogens is 266 g/mol. The maximum absolute atomic E-state index is 12.0. The first-order valence-electron chi connectivity index (χ1n) is 6.38. The van der Waals surface area contributed by atoms with E-state index in [2.05, 4.69) is 20.5 Å². The van der Waals surface area contributed by atoms with Gasteiger partial charge in [0.15, 0.2) is 5.82 Å². The van der Waals surface area contributed by atoms with E-state index in [0.717, 1.165) is 5.56 Å². The van der Waals surface area contributed by atoms with Crippen molar-refractivity contribution in [3.63, 3.8) is 0 Å². The Balaban J connectivity index is 1.80. The van der Waals surface area contributed by atoms with Gasteiger partial charge >= 0.3 is 0 Å². The molecule has 0 aliphatic carbocycles. The van der Waals surface area contributed by atoms with Crippen LogP contribution in [0, 0.1) is 0 Å². The summed E-state index contributed by atoms with van der Waals surface area (Å²) < 4.78 is 0. The molecule has 3 rings (SSSR count). The highest BCUT2D eigenvalue weighted by molar-refractivity contribution is 6.03. The Morgan fingerprint density at radius 2 is 1.76 bits per heavy atom. The van der Waals surface area contributed by atoms with Gasteiger partial charge in [-0.05, 0) is 24.3 Å². The van der Waals surface area contributed by atoms with Gasteiger partial charge in [-0.15, -0.1) is 5.10 Å². The average Bonchev–Trinajstić information content (AvgIpc) is 2.97. The molecule has 21 heavy (non-hydrogen) atoms. The van der Waals surface area contributed by atoms with Crippen molar-refractivity contribution in [2.45, 2.75) is 0 Å². The van der Waals surface area contributed by atoms with E-state index in [-0.39, 0.29) is 11.9 Å². The second kappa shape index (κ2) is 5.46. The zero-order valence-electron chi connectivity index (χ0n) is 11.1. The topological polar surface area (TPSA) is 96.7 Å². The molecule has 2 aromatic carbocycles. The summed E-state index contributed by atoms with van der Waals surface area (Å²) in [6, 6.07) is 16.2. The molecule has 0 aliphatic heterocycles. The lowest BCUT2D eigenvalue weighted by Gasteiger charge is -2.00. The summed E-state index contributed by atoms with van der Waals surface area (Å²) in [6.45, 7) is 0. The van der Waals surface area contributed by atoms with E-state index in [0.29, 0.717) is 17.1 Å². The van der Waals surface area contributed by atoms with Crippen molar-refractivity contribution < 1.29 is 4.79 Å². The number of rotatable bonds is 3. The van der Waals surface area contributed by atoms with Crippen molar-refractivity contribution in [3.05, 3.63) is 60.2 Å². The van der Waals surface area contributed by atoms with Crippen molar-refractivity contribution >= 4 is 17.5 Å². The smallest absolute Gasteiger partial charge is 0.258 e. The molecule has 3 aromatic rings. The van der Waals surface area contributed by atoms with Gasteiger partial charge in [0.1, 0.15) is 0 Å². The van der Waals surface area contributed by atoms with Crippen LogP contribution in [-0.4, -0.2) is 21.1 Å². The van der Waals surface area contributed by atoms with E-state index < -0.39 is 0 Å². The molecule has 6 nitrogen and oxygen atoms in total. The molecule has 1 heterocycles. The molecule has 1 aromatic heterocycles. The lowest BCUT2D eigenvalue weighted by atomic mass is 10.2. The van der Waals surface area contributed by atoms with Crippen LogP contribution in [0.3, 0.4) is 0 Å². The van der Waals surface area contributed by atoms with Crippen LogP contribution < -0.4 is 11.1 Å². The van der Waals surface area contributed by atoms with Gasteiger partial charge in [0.2, 0.25) is 5.95 Å². The van der Waals surface area contributed by atoms with E-state index in [1.54, 1.807) is 30.3 Å². The molecule has 104 valence electrons. The number of carbonyl (C=O) groups is 1. The van der Waals surface area contributed by atoms with Crippen LogP contribution in [-0.2, 0) is 0 Å². The van der Waals surface area contributed by atoms with E-state index in [4.69, 9.17) is 5.73 Å². The number of H-pyrrole nitrogens is 1. The summed E-state index contributed by atoms with van der Waals surface area (Å²) in [6.07, 6.45) is 0. The van der Waals surface area contributed by atoms with Crippen molar-refractivity contribution in [3.8, 4) is 11.4 Å². The van der Waals surface area contributed by atoms with Gasteiger partial charge in [0.05, 0.1) is 0 Å². The van der Waals surface area contributed by atoms with Crippen LogP contribution in [0.25, 0.3) is 11.4 Å². The summed E-state index contributed by atoms with van der Waals surface area (Å²) in [5.41, 5.74) is 7.76. The maximum atomic E-state index is 12.0. The lowest BCUT2D eigenvalue weighted by Crippen LogP contribution is -2.12. The van der Waals surface area contributed by atoms with Gasteiger partial charge in [-0.25, -0.2) is 0 Å². The molecular formula is C15H13N5O. The number of nitrogens with zero attached hydrogens (tertiary/aromatic N) is 2. The van der Waals surface area contributed by atoms with Gasteiger partial charge < -0.3 is 5.73 Å². The quantitative estimate of drug-likeness (QED) is 0.641. The van der Waals surface area contributed by atoms with Crippen LogP contribution in [0.5, 0.6) is 0 Å². The van der Waals surface area contributed by atoms with Crippen LogP contribution >= 0.6 is 0 Å². The van der Waals surface area contributed by atoms with Gasteiger partial charge in [-0.1, -0.05) is 30.3 Å². The minimum Gasteiger partial charge on any atom is -0.398 e. The van der Waals surface area contributed by atoms with Crippen LogP contribution in [0.15, 0.2) is 54.6 Å². The number of nitrogens with two attached hydrogens (primary N) is 1. The molecule has 0 atom stereocenters. The number of aromatic nitrogens is 3. The number of hydrogen-bond donors (Lipinski definition) is 3. The van der Waals surface area contributed by atoms with E-state index in [9.17, 15) is 4.79 Å². The molecule has 0 unspecified atom stereocenters. The monoisotopic (exact) mass is 279 g/mol. The third-order valence-electron chi connectivity index (χ3n) is 2.96. The standard InChI is InChI=1S/C15H13N5O/c16-12-9-5-4-8-11(12)13-17-15(20-19-13)18-14(21)10-6-2-1-3-7-10/h1-9H,16H2,(H2,17,18,19,20,21). The number of aromatic amines is 1. The van der Waals surface area contributed by atoms with Crippen molar-refractivity contribution in [2.24, 2.45) is 0 Å². The normalized spacial score (nSPS) is 10.3. The summed E-state index contributed by atoms with van der Waals surface area (Å²) in [5.74, 6) is 0.459. The fourth-order valence-electron chi connectivity index (χ4n) is 1.91. The lowest BCUT2D eigenvalue weighted by molar-refractivity contribution is 0.102. The predicted molar refractivity (Wildman–Crippen MR) is 80.6 cm³/mol. The van der Waals surface area contributed by atoms with Gasteiger partial charge in [0.25, 0.3) is 5.91 Å². The van der Waals surface area contributed by atoms with Gasteiger partial charge in [0, 0.05) is 16.8 Å². The fourth-order valence-corrected chi connectivity index (χ4v) is 1.91. The van der Waals surface area contributed by atoms with Gasteiger partial charge in [-0.2, -0.15) is 4.98 Å². The minimum atomic E-state index is -0.262.